The van der Waals surface area contributed by atoms with E-state index < -0.39 is 20.0 Å². The molecule has 0 aliphatic rings. The minimum absolute atomic E-state index is 0.0494. The van der Waals surface area contributed by atoms with Gasteiger partial charge >= 0.3 is 0 Å². The molecule has 0 saturated heterocycles. The quantitative estimate of drug-likeness (QED) is 0.434. The van der Waals surface area contributed by atoms with Crippen molar-refractivity contribution in [1.29, 1.82) is 0 Å². The molecule has 3 aromatic rings. The minimum Gasteiger partial charge on any atom is -0.278 e. The minimum atomic E-state index is -4.05. The molecule has 0 heterocycles. The van der Waals surface area contributed by atoms with Crippen molar-refractivity contribution in [2.24, 2.45) is 0 Å². The number of hydrogen-bond acceptors (Lipinski definition) is 4. The Morgan fingerprint density at radius 3 is 1.78 bits per heavy atom. The molecule has 0 aliphatic carbocycles. The van der Waals surface area contributed by atoms with E-state index in [0.29, 0.717) is 11.1 Å². The number of anilines is 2. The first-order valence-corrected chi connectivity index (χ1v) is 13.2. The number of sulfonamides is 2. The van der Waals surface area contributed by atoms with Gasteiger partial charge in [-0.25, -0.2) is 16.8 Å². The number of benzene rings is 3. The maximum atomic E-state index is 13.2. The molecular weight excluding hydrogens is 491 g/mol. The molecule has 3 rings (SSSR count). The molecule has 0 radical (unpaired) electrons. The van der Waals surface area contributed by atoms with Gasteiger partial charge in [0.25, 0.3) is 20.0 Å². The van der Waals surface area contributed by atoms with Crippen molar-refractivity contribution in [3.05, 3.63) is 80.8 Å². The molecule has 0 aliphatic heterocycles. The lowest BCUT2D eigenvalue weighted by Crippen LogP contribution is -2.18. The zero-order valence-electron chi connectivity index (χ0n) is 17.8. The van der Waals surface area contributed by atoms with Crippen LogP contribution >= 0.6 is 23.2 Å². The van der Waals surface area contributed by atoms with Crippen molar-refractivity contribution in [2.75, 3.05) is 9.44 Å². The summed E-state index contributed by atoms with van der Waals surface area (Å²) in [6.07, 6.45) is 0. The van der Waals surface area contributed by atoms with Crippen LogP contribution in [0.5, 0.6) is 0 Å². The summed E-state index contributed by atoms with van der Waals surface area (Å²) in [5.74, 6) is 0. The third-order valence-corrected chi connectivity index (χ3v) is 8.84. The highest BCUT2D eigenvalue weighted by atomic mass is 35.5. The highest BCUT2D eigenvalue weighted by molar-refractivity contribution is 7.93. The van der Waals surface area contributed by atoms with Crippen LogP contribution in [0.1, 0.15) is 22.3 Å². The second-order valence-corrected chi connectivity index (χ2v) is 11.5. The summed E-state index contributed by atoms with van der Waals surface area (Å²) in [4.78, 5) is -0.0260. The molecule has 170 valence electrons. The molecule has 0 unspecified atom stereocenters. The van der Waals surface area contributed by atoms with E-state index in [9.17, 15) is 16.8 Å². The maximum Gasteiger partial charge on any atom is 0.262 e. The number of para-hydroxylation sites is 1. The molecule has 10 heteroatoms. The lowest BCUT2D eigenvalue weighted by molar-refractivity contribution is 0.597. The SMILES string of the molecule is Cc1cc(C)c(C)c(S(=O)(=O)Nc2cc(S(=O)(=O)Nc3ccccc3Cl)ccc2Cl)c1C. The van der Waals surface area contributed by atoms with E-state index in [-0.39, 0.29) is 31.2 Å². The summed E-state index contributed by atoms with van der Waals surface area (Å²) in [5, 5.41) is 0.289. The van der Waals surface area contributed by atoms with Gasteiger partial charge in [0.15, 0.2) is 0 Å². The first-order chi connectivity index (χ1) is 14.8. The van der Waals surface area contributed by atoms with Crippen LogP contribution in [0.3, 0.4) is 0 Å². The Morgan fingerprint density at radius 1 is 0.656 bits per heavy atom. The summed E-state index contributed by atoms with van der Waals surface area (Å²) in [6, 6.07) is 12.1. The summed E-state index contributed by atoms with van der Waals surface area (Å²) >= 11 is 12.2. The Balaban J connectivity index is 2.03. The van der Waals surface area contributed by atoms with E-state index in [1.165, 1.54) is 24.3 Å². The zero-order valence-corrected chi connectivity index (χ0v) is 21.0. The van der Waals surface area contributed by atoms with E-state index >= 15 is 0 Å². The Kier molecular flexibility index (Phi) is 6.81. The third-order valence-electron chi connectivity index (χ3n) is 5.18. The van der Waals surface area contributed by atoms with E-state index in [1.54, 1.807) is 32.0 Å². The first kappa shape index (κ1) is 24.4. The van der Waals surface area contributed by atoms with Crippen molar-refractivity contribution in [1.82, 2.24) is 0 Å². The fraction of sp³-hybridized carbons (Fsp3) is 0.182. The second-order valence-electron chi connectivity index (χ2n) is 7.42. The molecule has 0 atom stereocenters. The highest BCUT2D eigenvalue weighted by Gasteiger charge is 2.24. The number of rotatable bonds is 6. The molecule has 0 saturated carbocycles. The lowest BCUT2D eigenvalue weighted by Gasteiger charge is -2.18. The zero-order chi connectivity index (χ0) is 23.8. The number of nitrogens with one attached hydrogen (secondary N) is 2. The van der Waals surface area contributed by atoms with Gasteiger partial charge in [0.05, 0.1) is 31.2 Å². The van der Waals surface area contributed by atoms with Crippen LogP contribution in [-0.2, 0) is 20.0 Å². The van der Waals surface area contributed by atoms with E-state index in [4.69, 9.17) is 23.2 Å². The van der Waals surface area contributed by atoms with E-state index in [2.05, 4.69) is 9.44 Å². The topological polar surface area (TPSA) is 92.3 Å². The fourth-order valence-corrected chi connectivity index (χ4v) is 6.53. The van der Waals surface area contributed by atoms with Gasteiger partial charge in [0, 0.05) is 0 Å². The standard InChI is InChI=1S/C22H22Cl2N2O4S2/c1-13-11-14(2)16(4)22(15(13)3)32(29,30)26-21-12-17(9-10-19(21)24)31(27,28)25-20-8-6-5-7-18(20)23/h5-12,25-26H,1-4H3. The van der Waals surface area contributed by atoms with Crippen LogP contribution in [0.15, 0.2) is 58.3 Å². The van der Waals surface area contributed by atoms with Crippen LogP contribution in [0.2, 0.25) is 10.0 Å². The Labute approximate surface area is 198 Å². The van der Waals surface area contributed by atoms with Crippen molar-refractivity contribution in [3.8, 4) is 0 Å². The molecule has 3 aromatic carbocycles. The predicted molar refractivity (Wildman–Crippen MR) is 130 cm³/mol. The fourth-order valence-electron chi connectivity index (χ4n) is 3.28. The van der Waals surface area contributed by atoms with Gasteiger partial charge in [-0.15, -0.1) is 0 Å². The van der Waals surface area contributed by atoms with Gasteiger partial charge in [-0.05, 0) is 80.3 Å². The number of hydrogen-bond donors (Lipinski definition) is 2. The smallest absolute Gasteiger partial charge is 0.262 e. The largest absolute Gasteiger partial charge is 0.278 e. The Hall–Kier alpha value is -2.26. The predicted octanol–water partition coefficient (Wildman–Crippen LogP) is 5.83. The molecule has 0 fully saturated rings. The van der Waals surface area contributed by atoms with Crippen LogP contribution in [0.25, 0.3) is 0 Å². The van der Waals surface area contributed by atoms with Crippen molar-refractivity contribution in [2.45, 2.75) is 37.5 Å². The van der Waals surface area contributed by atoms with Crippen LogP contribution < -0.4 is 9.44 Å². The van der Waals surface area contributed by atoms with Crippen molar-refractivity contribution in [3.63, 3.8) is 0 Å². The molecule has 0 spiro atoms. The molecule has 2 N–H and O–H groups in total. The molecule has 0 amide bonds. The molecule has 0 aromatic heterocycles. The third kappa shape index (κ3) is 4.88. The van der Waals surface area contributed by atoms with Gasteiger partial charge in [-0.3, -0.25) is 9.44 Å². The Bertz CT molecular complexity index is 1390. The number of halogens is 2. The monoisotopic (exact) mass is 512 g/mol. The summed E-state index contributed by atoms with van der Waals surface area (Å²) in [6.45, 7) is 7.13. The highest BCUT2D eigenvalue weighted by Crippen LogP contribution is 2.32. The van der Waals surface area contributed by atoms with E-state index in [1.807, 2.05) is 19.9 Å². The van der Waals surface area contributed by atoms with Crippen LogP contribution in [-0.4, -0.2) is 16.8 Å². The average molecular weight is 513 g/mol. The van der Waals surface area contributed by atoms with Gasteiger partial charge in [0.2, 0.25) is 0 Å². The normalized spacial score (nSPS) is 11.9. The van der Waals surface area contributed by atoms with Gasteiger partial charge < -0.3 is 0 Å². The maximum absolute atomic E-state index is 13.2. The van der Waals surface area contributed by atoms with Gasteiger partial charge in [-0.2, -0.15) is 0 Å². The average Bonchev–Trinajstić information content (AvgIpc) is 2.69. The molecule has 32 heavy (non-hydrogen) atoms. The number of aryl methyl sites for hydroxylation is 2. The molecule has 6 nitrogen and oxygen atoms in total. The first-order valence-electron chi connectivity index (χ1n) is 9.50. The lowest BCUT2D eigenvalue weighted by atomic mass is 10.0. The van der Waals surface area contributed by atoms with Crippen molar-refractivity contribution < 1.29 is 16.8 Å². The summed E-state index contributed by atoms with van der Waals surface area (Å²) in [5.41, 5.74) is 3.04. The van der Waals surface area contributed by atoms with Gasteiger partial charge in [-0.1, -0.05) is 41.4 Å². The second kappa shape index (κ2) is 8.94. The van der Waals surface area contributed by atoms with E-state index in [0.717, 1.165) is 11.1 Å². The summed E-state index contributed by atoms with van der Waals surface area (Å²) < 4.78 is 57.1. The van der Waals surface area contributed by atoms with Gasteiger partial charge in [0.1, 0.15) is 0 Å². The summed E-state index contributed by atoms with van der Waals surface area (Å²) in [7, 11) is -8.09. The molecular formula is C22H22Cl2N2O4S2. The van der Waals surface area contributed by atoms with Crippen LogP contribution in [0, 0.1) is 27.7 Å². The van der Waals surface area contributed by atoms with Crippen LogP contribution in [0.4, 0.5) is 11.4 Å². The Morgan fingerprint density at radius 2 is 1.19 bits per heavy atom. The molecule has 0 bridgehead atoms. The van der Waals surface area contributed by atoms with Crippen molar-refractivity contribution >= 4 is 54.6 Å².